The Morgan fingerprint density at radius 2 is 2.05 bits per heavy atom. The lowest BCUT2D eigenvalue weighted by atomic mass is 10.0. The molecular formula is C19H29NO2. The van der Waals surface area contributed by atoms with Crippen molar-refractivity contribution in [2.24, 2.45) is 0 Å². The van der Waals surface area contributed by atoms with E-state index in [1.165, 1.54) is 25.8 Å². The number of piperidine rings is 1. The standard InChI is InChI=1S/C19H29NO2/c1-3-7-19(21)17-9-11-18(12-10-17)22-15-6-14-20-13-5-4-8-16(20)2/h9-12,16H,3-8,13-15H2,1-2H3. The molecule has 0 aromatic heterocycles. The summed E-state index contributed by atoms with van der Waals surface area (Å²) in [5, 5.41) is 0. The maximum absolute atomic E-state index is 11.8. The van der Waals surface area contributed by atoms with Crippen molar-refractivity contribution in [2.75, 3.05) is 19.7 Å². The van der Waals surface area contributed by atoms with Crippen molar-refractivity contribution in [2.45, 2.75) is 58.4 Å². The molecule has 1 unspecified atom stereocenters. The first-order chi connectivity index (χ1) is 10.7. The molecule has 1 heterocycles. The first-order valence-electron chi connectivity index (χ1n) is 8.71. The first-order valence-corrected chi connectivity index (χ1v) is 8.71. The molecule has 1 saturated heterocycles. The quantitative estimate of drug-likeness (QED) is 0.529. The van der Waals surface area contributed by atoms with E-state index in [-0.39, 0.29) is 5.78 Å². The molecule has 0 saturated carbocycles. The van der Waals surface area contributed by atoms with Gasteiger partial charge >= 0.3 is 0 Å². The summed E-state index contributed by atoms with van der Waals surface area (Å²) in [5.41, 5.74) is 0.788. The van der Waals surface area contributed by atoms with Crippen LogP contribution in [-0.4, -0.2) is 36.4 Å². The molecule has 3 heteroatoms. The molecule has 0 N–H and O–H groups in total. The lowest BCUT2D eigenvalue weighted by molar-refractivity contribution is 0.0981. The highest BCUT2D eigenvalue weighted by atomic mass is 16.5. The SMILES string of the molecule is CCCC(=O)c1ccc(OCCCN2CCCCC2C)cc1. The van der Waals surface area contributed by atoms with Crippen LogP contribution < -0.4 is 4.74 Å². The topological polar surface area (TPSA) is 29.5 Å². The Kier molecular flexibility index (Phi) is 6.91. The van der Waals surface area contributed by atoms with Crippen LogP contribution in [0.1, 0.15) is 62.7 Å². The largest absolute Gasteiger partial charge is 0.494 e. The molecule has 1 atom stereocenters. The summed E-state index contributed by atoms with van der Waals surface area (Å²) in [4.78, 5) is 14.3. The fraction of sp³-hybridized carbons (Fsp3) is 0.632. The summed E-state index contributed by atoms with van der Waals surface area (Å²) in [6.45, 7) is 7.44. The minimum Gasteiger partial charge on any atom is -0.494 e. The molecular weight excluding hydrogens is 274 g/mol. The predicted molar refractivity (Wildman–Crippen MR) is 90.7 cm³/mol. The van der Waals surface area contributed by atoms with Crippen LogP contribution in [0.3, 0.4) is 0 Å². The van der Waals surface area contributed by atoms with Crippen LogP contribution in [0.25, 0.3) is 0 Å². The van der Waals surface area contributed by atoms with Gasteiger partial charge in [-0.1, -0.05) is 13.3 Å². The van der Waals surface area contributed by atoms with Gasteiger partial charge in [0, 0.05) is 24.6 Å². The van der Waals surface area contributed by atoms with Gasteiger partial charge in [0.2, 0.25) is 0 Å². The second-order valence-corrected chi connectivity index (χ2v) is 6.28. The normalized spacial score (nSPS) is 19.1. The zero-order chi connectivity index (χ0) is 15.8. The molecule has 1 aliphatic rings. The van der Waals surface area contributed by atoms with Gasteiger partial charge in [0.05, 0.1) is 6.61 Å². The fourth-order valence-corrected chi connectivity index (χ4v) is 3.06. The Hall–Kier alpha value is -1.35. The number of ether oxygens (including phenoxy) is 1. The number of hydrogen-bond donors (Lipinski definition) is 0. The average Bonchev–Trinajstić information content (AvgIpc) is 2.54. The van der Waals surface area contributed by atoms with Crippen LogP contribution in [0, 0.1) is 0 Å². The molecule has 0 bridgehead atoms. The number of ketones is 1. The van der Waals surface area contributed by atoms with Crippen molar-refractivity contribution in [3.8, 4) is 5.75 Å². The second-order valence-electron chi connectivity index (χ2n) is 6.28. The van der Waals surface area contributed by atoms with E-state index in [0.29, 0.717) is 6.42 Å². The lowest BCUT2D eigenvalue weighted by Crippen LogP contribution is -2.38. The van der Waals surface area contributed by atoms with E-state index in [0.717, 1.165) is 43.3 Å². The van der Waals surface area contributed by atoms with Crippen LogP contribution >= 0.6 is 0 Å². The molecule has 1 aromatic carbocycles. The van der Waals surface area contributed by atoms with Crippen LogP contribution in [-0.2, 0) is 0 Å². The van der Waals surface area contributed by atoms with Crippen molar-refractivity contribution < 1.29 is 9.53 Å². The van der Waals surface area contributed by atoms with Gasteiger partial charge in [-0.2, -0.15) is 0 Å². The number of carbonyl (C=O) groups is 1. The zero-order valence-corrected chi connectivity index (χ0v) is 14.0. The summed E-state index contributed by atoms with van der Waals surface area (Å²) in [6, 6.07) is 8.29. The van der Waals surface area contributed by atoms with Gasteiger partial charge in [-0.05, 0) is 63.4 Å². The Morgan fingerprint density at radius 3 is 2.73 bits per heavy atom. The molecule has 22 heavy (non-hydrogen) atoms. The molecule has 122 valence electrons. The molecule has 0 aliphatic carbocycles. The predicted octanol–water partition coefficient (Wildman–Crippen LogP) is 4.31. The minimum absolute atomic E-state index is 0.216. The molecule has 2 rings (SSSR count). The summed E-state index contributed by atoms with van der Waals surface area (Å²) in [5.74, 6) is 1.08. The zero-order valence-electron chi connectivity index (χ0n) is 14.0. The second kappa shape index (κ2) is 8.94. The fourth-order valence-electron chi connectivity index (χ4n) is 3.06. The Balaban J connectivity index is 1.69. The van der Waals surface area contributed by atoms with Crippen LogP contribution in [0.4, 0.5) is 0 Å². The molecule has 1 aromatic rings. The third-order valence-electron chi connectivity index (χ3n) is 4.45. The van der Waals surface area contributed by atoms with Crippen molar-refractivity contribution in [1.82, 2.24) is 4.90 Å². The maximum atomic E-state index is 11.8. The number of benzene rings is 1. The molecule has 0 radical (unpaired) electrons. The Bertz CT molecular complexity index is 455. The number of nitrogens with zero attached hydrogens (tertiary/aromatic N) is 1. The van der Waals surface area contributed by atoms with Gasteiger partial charge in [-0.3, -0.25) is 4.79 Å². The number of carbonyl (C=O) groups excluding carboxylic acids is 1. The van der Waals surface area contributed by atoms with Gasteiger partial charge in [0.1, 0.15) is 5.75 Å². The lowest BCUT2D eigenvalue weighted by Gasteiger charge is -2.33. The van der Waals surface area contributed by atoms with Crippen molar-refractivity contribution >= 4 is 5.78 Å². The van der Waals surface area contributed by atoms with E-state index >= 15 is 0 Å². The highest BCUT2D eigenvalue weighted by Crippen LogP contribution is 2.17. The van der Waals surface area contributed by atoms with Crippen molar-refractivity contribution in [3.05, 3.63) is 29.8 Å². The third kappa shape index (κ3) is 5.13. The van der Waals surface area contributed by atoms with E-state index in [1.54, 1.807) is 0 Å². The van der Waals surface area contributed by atoms with Crippen molar-refractivity contribution in [3.63, 3.8) is 0 Å². The molecule has 3 nitrogen and oxygen atoms in total. The van der Waals surface area contributed by atoms with E-state index < -0.39 is 0 Å². The van der Waals surface area contributed by atoms with E-state index in [4.69, 9.17) is 4.74 Å². The van der Waals surface area contributed by atoms with Crippen molar-refractivity contribution in [1.29, 1.82) is 0 Å². The van der Waals surface area contributed by atoms with Crippen LogP contribution in [0.15, 0.2) is 24.3 Å². The van der Waals surface area contributed by atoms with E-state index in [9.17, 15) is 4.79 Å². The van der Waals surface area contributed by atoms with E-state index in [1.807, 2.05) is 31.2 Å². The smallest absolute Gasteiger partial charge is 0.162 e. The van der Waals surface area contributed by atoms with Gasteiger partial charge in [0.25, 0.3) is 0 Å². The van der Waals surface area contributed by atoms with E-state index in [2.05, 4.69) is 11.8 Å². The Labute approximate surface area is 134 Å². The Morgan fingerprint density at radius 1 is 1.27 bits per heavy atom. The van der Waals surface area contributed by atoms with Crippen LogP contribution in [0.2, 0.25) is 0 Å². The average molecular weight is 303 g/mol. The number of hydrogen-bond acceptors (Lipinski definition) is 3. The molecule has 0 spiro atoms. The first kappa shape index (κ1) is 17.0. The maximum Gasteiger partial charge on any atom is 0.162 e. The highest BCUT2D eigenvalue weighted by molar-refractivity contribution is 5.96. The van der Waals surface area contributed by atoms with Gasteiger partial charge in [-0.15, -0.1) is 0 Å². The molecule has 1 aliphatic heterocycles. The summed E-state index contributed by atoms with van der Waals surface area (Å²) < 4.78 is 5.79. The van der Waals surface area contributed by atoms with Gasteiger partial charge < -0.3 is 9.64 Å². The number of Topliss-reactive ketones (excluding diaryl/α,β-unsaturated/α-hetero) is 1. The van der Waals surface area contributed by atoms with Gasteiger partial charge in [0.15, 0.2) is 5.78 Å². The number of rotatable bonds is 8. The third-order valence-corrected chi connectivity index (χ3v) is 4.45. The summed E-state index contributed by atoms with van der Waals surface area (Å²) >= 11 is 0. The number of likely N-dealkylation sites (tertiary alicyclic amines) is 1. The highest BCUT2D eigenvalue weighted by Gasteiger charge is 2.17. The van der Waals surface area contributed by atoms with Gasteiger partial charge in [-0.25, -0.2) is 0 Å². The molecule has 1 fully saturated rings. The summed E-state index contributed by atoms with van der Waals surface area (Å²) in [6.07, 6.45) is 6.60. The van der Waals surface area contributed by atoms with Crippen LogP contribution in [0.5, 0.6) is 5.75 Å². The molecule has 0 amide bonds. The summed E-state index contributed by atoms with van der Waals surface area (Å²) in [7, 11) is 0. The minimum atomic E-state index is 0.216. The monoisotopic (exact) mass is 303 g/mol.